The molecule has 1 aromatic rings. The Hall–Kier alpha value is -1.51. The topological polar surface area (TPSA) is 49.1 Å². The quantitative estimate of drug-likeness (QED) is 0.637. The monoisotopic (exact) mass is 147 g/mol. The molecule has 0 spiro atoms. The molecule has 0 bridgehead atoms. The Labute approximate surface area is 65.3 Å². The SMILES string of the molecule is C/C=N\c1ccncc1C=N. The van der Waals surface area contributed by atoms with Crippen molar-refractivity contribution in [2.24, 2.45) is 4.99 Å². The first-order valence-corrected chi connectivity index (χ1v) is 3.31. The van der Waals surface area contributed by atoms with Crippen molar-refractivity contribution in [2.45, 2.75) is 6.92 Å². The molecule has 0 aliphatic rings. The summed E-state index contributed by atoms with van der Waals surface area (Å²) in [4.78, 5) is 7.93. The normalized spacial score (nSPS) is 10.3. The van der Waals surface area contributed by atoms with Crippen LogP contribution in [0.15, 0.2) is 23.5 Å². The zero-order chi connectivity index (χ0) is 8.10. The molecule has 56 valence electrons. The van der Waals surface area contributed by atoms with Crippen molar-refractivity contribution >= 4 is 18.1 Å². The molecule has 0 aliphatic carbocycles. The van der Waals surface area contributed by atoms with Crippen LogP contribution in [0.1, 0.15) is 12.5 Å². The molecule has 1 rings (SSSR count). The summed E-state index contributed by atoms with van der Waals surface area (Å²) in [6.07, 6.45) is 6.22. The van der Waals surface area contributed by atoms with E-state index in [1.54, 1.807) is 24.7 Å². The van der Waals surface area contributed by atoms with Gasteiger partial charge in [0.25, 0.3) is 0 Å². The van der Waals surface area contributed by atoms with Gasteiger partial charge in [-0.3, -0.25) is 9.98 Å². The summed E-state index contributed by atoms with van der Waals surface area (Å²) in [6.45, 7) is 1.84. The molecule has 0 atom stereocenters. The highest BCUT2D eigenvalue weighted by atomic mass is 14.7. The van der Waals surface area contributed by atoms with Crippen LogP contribution in [-0.4, -0.2) is 17.4 Å². The van der Waals surface area contributed by atoms with E-state index in [9.17, 15) is 0 Å². The van der Waals surface area contributed by atoms with Gasteiger partial charge in [-0.25, -0.2) is 0 Å². The van der Waals surface area contributed by atoms with E-state index in [-0.39, 0.29) is 0 Å². The van der Waals surface area contributed by atoms with Gasteiger partial charge >= 0.3 is 0 Å². The summed E-state index contributed by atoms with van der Waals surface area (Å²) in [5, 5.41) is 7.02. The summed E-state index contributed by atoms with van der Waals surface area (Å²) in [5.74, 6) is 0. The van der Waals surface area contributed by atoms with E-state index < -0.39 is 0 Å². The fraction of sp³-hybridized carbons (Fsp3) is 0.125. The number of nitrogens with one attached hydrogen (secondary N) is 1. The molecule has 3 heteroatoms. The third-order valence-electron chi connectivity index (χ3n) is 1.25. The number of aliphatic imine (C=N–C) groups is 1. The van der Waals surface area contributed by atoms with Gasteiger partial charge in [0.2, 0.25) is 0 Å². The molecular weight excluding hydrogens is 138 g/mol. The van der Waals surface area contributed by atoms with E-state index in [2.05, 4.69) is 9.98 Å². The highest BCUT2D eigenvalue weighted by Gasteiger charge is 1.93. The molecule has 1 aromatic heterocycles. The van der Waals surface area contributed by atoms with E-state index in [4.69, 9.17) is 5.41 Å². The highest BCUT2D eigenvalue weighted by Crippen LogP contribution is 2.13. The predicted molar refractivity (Wildman–Crippen MR) is 45.9 cm³/mol. The average Bonchev–Trinajstić information content (AvgIpc) is 2.06. The summed E-state index contributed by atoms with van der Waals surface area (Å²) >= 11 is 0. The molecule has 0 fully saturated rings. The number of nitrogens with zero attached hydrogens (tertiary/aromatic N) is 2. The fourth-order valence-electron chi connectivity index (χ4n) is 0.767. The van der Waals surface area contributed by atoms with Crippen molar-refractivity contribution in [1.29, 1.82) is 5.41 Å². The largest absolute Gasteiger partial charge is 0.308 e. The molecule has 11 heavy (non-hydrogen) atoms. The molecule has 0 amide bonds. The standard InChI is InChI=1S/C8H9N3/c1-2-11-8-3-4-10-6-7(8)5-9/h2-6,9H,1H3/b9-5?,11-2-. The van der Waals surface area contributed by atoms with Crippen LogP contribution in [0.2, 0.25) is 0 Å². The van der Waals surface area contributed by atoms with E-state index in [0.29, 0.717) is 0 Å². The summed E-state index contributed by atoms with van der Waals surface area (Å²) in [5.41, 5.74) is 1.53. The average molecular weight is 147 g/mol. The van der Waals surface area contributed by atoms with Gasteiger partial charge in [0.1, 0.15) is 0 Å². The van der Waals surface area contributed by atoms with Crippen LogP contribution in [0.4, 0.5) is 5.69 Å². The first-order valence-electron chi connectivity index (χ1n) is 3.31. The second-order valence-electron chi connectivity index (χ2n) is 1.97. The summed E-state index contributed by atoms with van der Waals surface area (Å²) in [7, 11) is 0. The number of pyridine rings is 1. The maximum atomic E-state index is 7.02. The van der Waals surface area contributed by atoms with Crippen molar-refractivity contribution in [1.82, 2.24) is 4.98 Å². The predicted octanol–water partition coefficient (Wildman–Crippen LogP) is 1.80. The van der Waals surface area contributed by atoms with Gasteiger partial charge in [-0.05, 0) is 13.0 Å². The second-order valence-corrected chi connectivity index (χ2v) is 1.97. The maximum absolute atomic E-state index is 7.02. The third kappa shape index (κ3) is 1.70. The lowest BCUT2D eigenvalue weighted by Crippen LogP contribution is -1.82. The molecule has 0 aliphatic heterocycles. The molecule has 1 heterocycles. The molecule has 0 aromatic carbocycles. The van der Waals surface area contributed by atoms with E-state index in [1.807, 2.05) is 6.92 Å². The van der Waals surface area contributed by atoms with Crippen molar-refractivity contribution in [3.05, 3.63) is 24.0 Å². The van der Waals surface area contributed by atoms with Gasteiger partial charge in [-0.15, -0.1) is 0 Å². The minimum Gasteiger partial charge on any atom is -0.308 e. The van der Waals surface area contributed by atoms with Crippen LogP contribution < -0.4 is 0 Å². The Balaban J connectivity index is 3.11. The Morgan fingerprint density at radius 3 is 3.09 bits per heavy atom. The highest BCUT2D eigenvalue weighted by molar-refractivity contribution is 5.85. The summed E-state index contributed by atoms with van der Waals surface area (Å²) in [6, 6.07) is 1.78. The number of hydrogen-bond donors (Lipinski definition) is 1. The van der Waals surface area contributed by atoms with E-state index in [0.717, 1.165) is 11.3 Å². The van der Waals surface area contributed by atoms with Crippen molar-refractivity contribution < 1.29 is 0 Å². The maximum Gasteiger partial charge on any atom is 0.0743 e. The van der Waals surface area contributed by atoms with Crippen LogP contribution in [0.25, 0.3) is 0 Å². The van der Waals surface area contributed by atoms with E-state index in [1.165, 1.54) is 6.21 Å². The molecule has 0 saturated carbocycles. The first-order chi connectivity index (χ1) is 5.38. The van der Waals surface area contributed by atoms with Crippen LogP contribution >= 0.6 is 0 Å². The van der Waals surface area contributed by atoms with Gasteiger partial charge in [-0.2, -0.15) is 0 Å². The van der Waals surface area contributed by atoms with Gasteiger partial charge in [0, 0.05) is 30.4 Å². The van der Waals surface area contributed by atoms with Crippen LogP contribution in [0.5, 0.6) is 0 Å². The van der Waals surface area contributed by atoms with Gasteiger partial charge in [-0.1, -0.05) is 0 Å². The number of hydrogen-bond acceptors (Lipinski definition) is 3. The van der Waals surface area contributed by atoms with Gasteiger partial charge in [0.05, 0.1) is 5.69 Å². The minimum atomic E-state index is 0.741. The molecule has 0 unspecified atom stereocenters. The molecule has 0 radical (unpaired) electrons. The van der Waals surface area contributed by atoms with E-state index >= 15 is 0 Å². The zero-order valence-corrected chi connectivity index (χ0v) is 6.28. The number of rotatable bonds is 2. The van der Waals surface area contributed by atoms with Crippen LogP contribution in [-0.2, 0) is 0 Å². The van der Waals surface area contributed by atoms with Gasteiger partial charge in [0.15, 0.2) is 0 Å². The molecular formula is C8H9N3. The van der Waals surface area contributed by atoms with Crippen molar-refractivity contribution in [2.75, 3.05) is 0 Å². The molecule has 0 saturated heterocycles. The van der Waals surface area contributed by atoms with Gasteiger partial charge < -0.3 is 5.41 Å². The minimum absolute atomic E-state index is 0.741. The summed E-state index contributed by atoms with van der Waals surface area (Å²) < 4.78 is 0. The fourth-order valence-corrected chi connectivity index (χ4v) is 0.767. The number of aromatic nitrogens is 1. The Morgan fingerprint density at radius 1 is 1.64 bits per heavy atom. The molecule has 3 nitrogen and oxygen atoms in total. The van der Waals surface area contributed by atoms with Crippen LogP contribution in [0, 0.1) is 5.41 Å². The second kappa shape index (κ2) is 3.61. The lowest BCUT2D eigenvalue weighted by Gasteiger charge is -1.95. The van der Waals surface area contributed by atoms with Crippen molar-refractivity contribution in [3.63, 3.8) is 0 Å². The Bertz CT molecular complexity index is 278. The van der Waals surface area contributed by atoms with Crippen molar-refractivity contribution in [3.8, 4) is 0 Å². The Kier molecular flexibility index (Phi) is 2.49. The Morgan fingerprint density at radius 2 is 2.45 bits per heavy atom. The first kappa shape index (κ1) is 7.60. The van der Waals surface area contributed by atoms with Crippen LogP contribution in [0.3, 0.4) is 0 Å². The smallest absolute Gasteiger partial charge is 0.0743 e. The third-order valence-corrected chi connectivity index (χ3v) is 1.25. The lowest BCUT2D eigenvalue weighted by molar-refractivity contribution is 1.30. The lowest BCUT2D eigenvalue weighted by atomic mass is 10.2. The zero-order valence-electron chi connectivity index (χ0n) is 6.28. The molecule has 1 N–H and O–H groups in total.